The Morgan fingerprint density at radius 2 is 1.07 bits per heavy atom. The Balaban J connectivity index is 4.18. The van der Waals surface area contributed by atoms with Crippen LogP contribution in [0.25, 0.3) is 0 Å². The lowest BCUT2D eigenvalue weighted by Crippen LogP contribution is -2.18. The van der Waals surface area contributed by atoms with E-state index in [1.807, 2.05) is 12.2 Å². The van der Waals surface area contributed by atoms with Crippen LogP contribution in [0.4, 0.5) is 0 Å². The molecule has 1 nitrogen and oxygen atoms in total. The highest BCUT2D eigenvalue weighted by atomic mass is 28.3. The highest BCUT2D eigenvalue weighted by Gasteiger charge is 2.09. The Morgan fingerprint density at radius 1 is 0.786 bits per heavy atom. The summed E-state index contributed by atoms with van der Waals surface area (Å²) in [6.07, 6.45) is 3.44. The molecule has 0 aliphatic carbocycles. The minimum absolute atomic E-state index is 0.395. The summed E-state index contributed by atoms with van der Waals surface area (Å²) in [5.41, 5.74) is 4.37. The summed E-state index contributed by atoms with van der Waals surface area (Å²) < 4.78 is 0. The maximum absolute atomic E-state index is 9.65. The topological polar surface area (TPSA) is 20.2 Å². The SMILES string of the molecule is C[Si](C)(C)/C=C/C(O)/C=C/[Si](C)(C)C. The van der Waals surface area contributed by atoms with Gasteiger partial charge in [-0.2, -0.15) is 0 Å². The van der Waals surface area contributed by atoms with Crippen LogP contribution < -0.4 is 0 Å². The van der Waals surface area contributed by atoms with Crippen LogP contribution >= 0.6 is 0 Å². The van der Waals surface area contributed by atoms with Gasteiger partial charge in [-0.1, -0.05) is 62.8 Å². The average molecular weight is 228 g/mol. The van der Waals surface area contributed by atoms with Crippen LogP contribution in [0.3, 0.4) is 0 Å². The van der Waals surface area contributed by atoms with Crippen molar-refractivity contribution in [1.82, 2.24) is 0 Å². The Morgan fingerprint density at radius 3 is 1.29 bits per heavy atom. The van der Waals surface area contributed by atoms with Gasteiger partial charge in [0.25, 0.3) is 0 Å². The molecule has 14 heavy (non-hydrogen) atoms. The molecule has 0 atom stereocenters. The first-order valence-corrected chi connectivity index (χ1v) is 12.3. The van der Waals surface area contributed by atoms with Crippen molar-refractivity contribution in [2.45, 2.75) is 45.4 Å². The molecule has 0 aromatic heterocycles. The first-order valence-electron chi connectivity index (χ1n) is 5.17. The van der Waals surface area contributed by atoms with Gasteiger partial charge in [0.05, 0.1) is 22.3 Å². The number of aliphatic hydroxyl groups is 1. The van der Waals surface area contributed by atoms with Crippen molar-refractivity contribution in [2.24, 2.45) is 0 Å². The second-order valence-electron chi connectivity index (χ2n) is 5.94. The Hall–Kier alpha value is -0.126. The highest BCUT2D eigenvalue weighted by Crippen LogP contribution is 2.06. The van der Waals surface area contributed by atoms with Gasteiger partial charge in [-0.05, 0) is 0 Å². The average Bonchev–Trinajstić information content (AvgIpc) is 1.94. The molecular weight excluding hydrogens is 204 g/mol. The van der Waals surface area contributed by atoms with Gasteiger partial charge in [0.15, 0.2) is 0 Å². The van der Waals surface area contributed by atoms with E-state index >= 15 is 0 Å². The molecule has 0 heterocycles. The lowest BCUT2D eigenvalue weighted by atomic mass is 10.4. The lowest BCUT2D eigenvalue weighted by molar-refractivity contribution is 0.272. The molecule has 0 spiro atoms. The Bertz CT molecular complexity index is 194. The zero-order chi connectivity index (χ0) is 11.4. The molecule has 0 bridgehead atoms. The van der Waals surface area contributed by atoms with E-state index in [1.165, 1.54) is 0 Å². The fourth-order valence-electron chi connectivity index (χ4n) is 0.839. The molecule has 0 saturated heterocycles. The summed E-state index contributed by atoms with van der Waals surface area (Å²) in [5.74, 6) is 0. The molecule has 0 aliphatic heterocycles. The molecule has 82 valence electrons. The van der Waals surface area contributed by atoms with Gasteiger partial charge in [0.2, 0.25) is 0 Å². The van der Waals surface area contributed by atoms with Gasteiger partial charge in [-0.15, -0.1) is 0 Å². The van der Waals surface area contributed by atoms with E-state index in [-0.39, 0.29) is 0 Å². The third kappa shape index (κ3) is 9.96. The van der Waals surface area contributed by atoms with E-state index in [0.29, 0.717) is 0 Å². The molecule has 0 radical (unpaired) electrons. The van der Waals surface area contributed by atoms with E-state index in [0.717, 1.165) is 0 Å². The van der Waals surface area contributed by atoms with Crippen molar-refractivity contribution in [2.75, 3.05) is 0 Å². The zero-order valence-electron chi connectivity index (χ0n) is 10.3. The van der Waals surface area contributed by atoms with E-state index in [1.54, 1.807) is 0 Å². The summed E-state index contributed by atoms with van der Waals surface area (Å²) >= 11 is 0. The minimum atomic E-state index is -1.16. The molecule has 1 N–H and O–H groups in total. The van der Waals surface area contributed by atoms with Crippen LogP contribution in [0, 0.1) is 0 Å². The molecule has 0 amide bonds. The van der Waals surface area contributed by atoms with E-state index in [4.69, 9.17) is 0 Å². The summed E-state index contributed by atoms with van der Waals surface area (Å²) in [6, 6.07) is 0. The predicted molar refractivity (Wildman–Crippen MR) is 71.0 cm³/mol. The van der Waals surface area contributed by atoms with Crippen LogP contribution in [0.1, 0.15) is 0 Å². The van der Waals surface area contributed by atoms with E-state index < -0.39 is 22.3 Å². The number of rotatable bonds is 4. The second kappa shape index (κ2) is 5.10. The number of hydrogen-bond donors (Lipinski definition) is 1. The molecule has 3 heteroatoms. The molecule has 0 saturated carbocycles. The molecule has 0 unspecified atom stereocenters. The van der Waals surface area contributed by atoms with Crippen LogP contribution in [0.2, 0.25) is 39.3 Å². The van der Waals surface area contributed by atoms with Crippen LogP contribution in [-0.2, 0) is 0 Å². The quantitative estimate of drug-likeness (QED) is 0.733. The molecule has 0 rings (SSSR count). The van der Waals surface area contributed by atoms with Crippen LogP contribution in [0.5, 0.6) is 0 Å². The number of hydrogen-bond acceptors (Lipinski definition) is 1. The second-order valence-corrected chi connectivity index (χ2v) is 16.1. The smallest absolute Gasteiger partial charge is 0.0895 e. The van der Waals surface area contributed by atoms with Crippen molar-refractivity contribution >= 4 is 16.1 Å². The maximum Gasteiger partial charge on any atom is 0.0895 e. The first kappa shape index (κ1) is 13.9. The van der Waals surface area contributed by atoms with Crippen molar-refractivity contribution in [3.63, 3.8) is 0 Å². The molecule has 0 aromatic carbocycles. The highest BCUT2D eigenvalue weighted by molar-refractivity contribution is 6.81. The van der Waals surface area contributed by atoms with Gasteiger partial charge >= 0.3 is 0 Å². The normalized spacial score (nSPS) is 14.9. The van der Waals surface area contributed by atoms with Crippen molar-refractivity contribution in [3.8, 4) is 0 Å². The third-order valence-electron chi connectivity index (χ3n) is 1.59. The molecule has 0 aromatic rings. The van der Waals surface area contributed by atoms with Crippen molar-refractivity contribution in [3.05, 3.63) is 23.6 Å². The summed E-state index contributed by atoms with van der Waals surface area (Å²) in [6.45, 7) is 13.6. The van der Waals surface area contributed by atoms with Crippen molar-refractivity contribution < 1.29 is 5.11 Å². The minimum Gasteiger partial charge on any atom is -0.385 e. The number of aliphatic hydroxyl groups excluding tert-OH is 1. The standard InChI is InChI=1S/C11H24OSi2/c1-13(2,3)9-7-11(12)8-10-14(4,5)6/h7-12H,1-6H3/b9-7+,10-8+. The van der Waals surface area contributed by atoms with E-state index in [2.05, 4.69) is 50.7 Å². The van der Waals surface area contributed by atoms with Gasteiger partial charge in [-0.3, -0.25) is 0 Å². The van der Waals surface area contributed by atoms with Gasteiger partial charge in [0, 0.05) is 0 Å². The van der Waals surface area contributed by atoms with Gasteiger partial charge < -0.3 is 5.11 Å². The third-order valence-corrected chi connectivity index (χ3v) is 3.97. The van der Waals surface area contributed by atoms with Crippen LogP contribution in [-0.4, -0.2) is 27.4 Å². The first-order chi connectivity index (χ1) is 6.10. The molecular formula is C11H24OSi2. The molecule has 0 aliphatic rings. The lowest BCUT2D eigenvalue weighted by Gasteiger charge is -2.11. The Kier molecular flexibility index (Phi) is 5.05. The predicted octanol–water partition coefficient (Wildman–Crippen LogP) is 3.21. The maximum atomic E-state index is 9.65. The largest absolute Gasteiger partial charge is 0.385 e. The summed E-state index contributed by atoms with van der Waals surface area (Å²) in [5, 5.41) is 9.65. The fraction of sp³-hybridized carbons (Fsp3) is 0.636. The zero-order valence-corrected chi connectivity index (χ0v) is 12.3. The fourth-order valence-corrected chi connectivity index (χ4v) is 2.39. The van der Waals surface area contributed by atoms with Gasteiger partial charge in [-0.25, -0.2) is 0 Å². The molecule has 0 fully saturated rings. The van der Waals surface area contributed by atoms with E-state index in [9.17, 15) is 5.11 Å². The summed E-state index contributed by atoms with van der Waals surface area (Å²) in [4.78, 5) is 0. The van der Waals surface area contributed by atoms with Crippen LogP contribution in [0.15, 0.2) is 23.6 Å². The van der Waals surface area contributed by atoms with Crippen molar-refractivity contribution in [1.29, 1.82) is 0 Å². The monoisotopic (exact) mass is 228 g/mol. The summed E-state index contributed by atoms with van der Waals surface area (Å²) in [7, 11) is -2.32. The van der Waals surface area contributed by atoms with Gasteiger partial charge in [0.1, 0.15) is 0 Å². The Labute approximate surface area is 90.6 Å².